The predicted molar refractivity (Wildman–Crippen MR) is 46.6 cm³/mol. The van der Waals surface area contributed by atoms with Gasteiger partial charge in [0.05, 0.1) is 0 Å². The molecular weight excluding hydrogens is 161 g/mol. The highest BCUT2D eigenvalue weighted by Gasteiger charge is 1.90. The normalized spacial score (nSPS) is 9.82. The molecule has 1 aromatic rings. The minimum atomic E-state index is -0.150. The fourth-order valence-corrected chi connectivity index (χ4v) is 0.875. The Morgan fingerprint density at radius 2 is 2.55 bits per heavy atom. The highest BCUT2D eigenvalue weighted by molar-refractivity contribution is 7.36. The molecule has 0 saturated carbocycles. The van der Waals surface area contributed by atoms with Crippen LogP contribution < -0.4 is 10.3 Å². The van der Waals surface area contributed by atoms with Gasteiger partial charge >= 0.3 is 0 Å². The van der Waals surface area contributed by atoms with Crippen LogP contribution in [0.2, 0.25) is 0 Å². The fraction of sp³-hybridized carbons (Fsp3) is 0.143. The van der Waals surface area contributed by atoms with Crippen molar-refractivity contribution in [1.82, 2.24) is 4.98 Å². The Labute approximate surface area is 65.8 Å². The average Bonchev–Trinajstić information content (AvgIpc) is 2.01. The summed E-state index contributed by atoms with van der Waals surface area (Å²) in [6.07, 6.45) is 5.65. The van der Waals surface area contributed by atoms with E-state index < -0.39 is 0 Å². The summed E-state index contributed by atoms with van der Waals surface area (Å²) in [5, 5.41) is 0. The highest BCUT2D eigenvalue weighted by atomic mass is 31.1. The Hall–Kier alpha value is -1.08. The standard InChI is InChI=1S/C7H8NO2P/c1-11-5-10-6-2-3-8-7(9)4-6/h2-4H,1,5H2,(H,8,9). The molecule has 0 aliphatic rings. The Bertz CT molecular complexity index is 294. The van der Waals surface area contributed by atoms with Crippen LogP contribution in [-0.2, 0) is 0 Å². The zero-order chi connectivity index (χ0) is 8.10. The maximum atomic E-state index is 10.7. The maximum absolute atomic E-state index is 10.7. The molecule has 58 valence electrons. The van der Waals surface area contributed by atoms with Gasteiger partial charge in [-0.05, 0) is 6.07 Å². The number of aromatic amines is 1. The third-order valence-corrected chi connectivity index (χ3v) is 1.38. The smallest absolute Gasteiger partial charge is 0.251 e. The molecule has 0 saturated heterocycles. The number of nitrogens with one attached hydrogen (secondary N) is 1. The second-order valence-corrected chi connectivity index (χ2v) is 2.59. The molecule has 0 atom stereocenters. The van der Waals surface area contributed by atoms with Crippen molar-refractivity contribution in [2.45, 2.75) is 0 Å². The highest BCUT2D eigenvalue weighted by Crippen LogP contribution is 2.05. The molecule has 0 spiro atoms. The minimum absolute atomic E-state index is 0.150. The molecule has 0 fully saturated rings. The number of hydrogen-bond donors (Lipinski definition) is 1. The van der Waals surface area contributed by atoms with Crippen LogP contribution >= 0.6 is 8.20 Å². The van der Waals surface area contributed by atoms with E-state index in [1.807, 2.05) is 0 Å². The van der Waals surface area contributed by atoms with Gasteiger partial charge in [0, 0.05) is 12.3 Å². The van der Waals surface area contributed by atoms with E-state index in [1.165, 1.54) is 6.07 Å². The number of rotatable bonds is 3. The van der Waals surface area contributed by atoms with Gasteiger partial charge in [-0.1, -0.05) is 14.5 Å². The molecule has 0 unspecified atom stereocenters. The van der Waals surface area contributed by atoms with E-state index in [2.05, 4.69) is 11.3 Å². The predicted octanol–water partition coefficient (Wildman–Crippen LogP) is 1.09. The van der Waals surface area contributed by atoms with Gasteiger partial charge in [-0.25, -0.2) is 0 Å². The minimum Gasteiger partial charge on any atom is -0.485 e. The molecule has 11 heavy (non-hydrogen) atoms. The van der Waals surface area contributed by atoms with Crippen molar-refractivity contribution in [3.8, 4) is 5.75 Å². The summed E-state index contributed by atoms with van der Waals surface area (Å²) >= 11 is 0. The first kappa shape index (κ1) is 8.02. The molecule has 1 N–H and O–H groups in total. The lowest BCUT2D eigenvalue weighted by atomic mass is 10.4. The Morgan fingerprint density at radius 1 is 1.73 bits per heavy atom. The van der Waals surface area contributed by atoms with Crippen LogP contribution in [0.5, 0.6) is 5.75 Å². The summed E-state index contributed by atoms with van der Waals surface area (Å²) in [4.78, 5) is 13.2. The molecule has 1 heterocycles. The van der Waals surface area contributed by atoms with Gasteiger partial charge in [0.1, 0.15) is 12.1 Å². The number of aromatic nitrogens is 1. The molecule has 1 rings (SSSR count). The monoisotopic (exact) mass is 169 g/mol. The third kappa shape index (κ3) is 2.56. The molecule has 3 nitrogen and oxygen atoms in total. The summed E-state index contributed by atoms with van der Waals surface area (Å²) in [6, 6.07) is 3.11. The van der Waals surface area contributed by atoms with Crippen LogP contribution in [0, 0.1) is 0 Å². The molecule has 1 aromatic heterocycles. The SMILES string of the molecule is C=PCOc1cc[nH]c(=O)c1. The molecule has 0 aliphatic heterocycles. The van der Waals surface area contributed by atoms with Gasteiger partial charge in [0.2, 0.25) is 0 Å². The van der Waals surface area contributed by atoms with Gasteiger partial charge in [0.25, 0.3) is 5.56 Å². The van der Waals surface area contributed by atoms with E-state index in [0.29, 0.717) is 12.1 Å². The van der Waals surface area contributed by atoms with Crippen LogP contribution in [-0.4, -0.2) is 17.6 Å². The van der Waals surface area contributed by atoms with Crippen LogP contribution in [0.15, 0.2) is 23.1 Å². The first-order valence-electron chi connectivity index (χ1n) is 3.07. The quantitative estimate of drug-likeness (QED) is 0.688. The Balaban J connectivity index is 2.71. The van der Waals surface area contributed by atoms with Gasteiger partial charge < -0.3 is 9.72 Å². The van der Waals surface area contributed by atoms with E-state index in [0.717, 1.165) is 8.20 Å². The molecule has 0 aromatic carbocycles. The van der Waals surface area contributed by atoms with Crippen molar-refractivity contribution in [2.24, 2.45) is 0 Å². The first-order valence-corrected chi connectivity index (χ1v) is 4.33. The van der Waals surface area contributed by atoms with E-state index in [1.54, 1.807) is 12.3 Å². The van der Waals surface area contributed by atoms with E-state index in [4.69, 9.17) is 4.74 Å². The van der Waals surface area contributed by atoms with Gasteiger partial charge in [-0.3, -0.25) is 4.79 Å². The van der Waals surface area contributed by atoms with Gasteiger partial charge in [-0.2, -0.15) is 0 Å². The van der Waals surface area contributed by atoms with E-state index >= 15 is 0 Å². The average molecular weight is 169 g/mol. The molecular formula is C7H8NO2P. The second-order valence-electron chi connectivity index (χ2n) is 1.89. The summed E-state index contributed by atoms with van der Waals surface area (Å²) < 4.78 is 5.14. The summed E-state index contributed by atoms with van der Waals surface area (Å²) in [6.45, 7) is 0. The fourth-order valence-electron chi connectivity index (χ4n) is 0.635. The number of H-pyrrole nitrogens is 1. The summed E-state index contributed by atoms with van der Waals surface area (Å²) in [7, 11) is 0.907. The van der Waals surface area contributed by atoms with Gasteiger partial charge in [-0.15, -0.1) is 0 Å². The second kappa shape index (κ2) is 3.94. The molecule has 0 radical (unpaired) electrons. The lowest BCUT2D eigenvalue weighted by molar-refractivity contribution is 0.391. The van der Waals surface area contributed by atoms with Crippen LogP contribution in [0.4, 0.5) is 0 Å². The van der Waals surface area contributed by atoms with Crippen molar-refractivity contribution in [1.29, 1.82) is 0 Å². The van der Waals surface area contributed by atoms with Crippen molar-refractivity contribution < 1.29 is 4.74 Å². The van der Waals surface area contributed by atoms with Crippen LogP contribution in [0.25, 0.3) is 0 Å². The lowest BCUT2D eigenvalue weighted by Gasteiger charge is -1.99. The van der Waals surface area contributed by atoms with Gasteiger partial charge in [0.15, 0.2) is 0 Å². The Kier molecular flexibility index (Phi) is 2.87. The lowest BCUT2D eigenvalue weighted by Crippen LogP contribution is -2.03. The zero-order valence-electron chi connectivity index (χ0n) is 5.91. The van der Waals surface area contributed by atoms with Crippen molar-refractivity contribution >= 4 is 14.5 Å². The maximum Gasteiger partial charge on any atom is 0.251 e. The largest absolute Gasteiger partial charge is 0.485 e. The van der Waals surface area contributed by atoms with Crippen LogP contribution in [0.3, 0.4) is 0 Å². The number of pyridine rings is 1. The molecule has 4 heteroatoms. The van der Waals surface area contributed by atoms with E-state index in [9.17, 15) is 4.79 Å². The topological polar surface area (TPSA) is 42.1 Å². The molecule has 0 aliphatic carbocycles. The number of hydrogen-bond acceptors (Lipinski definition) is 2. The van der Waals surface area contributed by atoms with Crippen LogP contribution in [0.1, 0.15) is 0 Å². The summed E-state index contributed by atoms with van der Waals surface area (Å²) in [5.74, 6) is 0.588. The van der Waals surface area contributed by atoms with E-state index in [-0.39, 0.29) is 5.56 Å². The van der Waals surface area contributed by atoms with Crippen molar-refractivity contribution in [2.75, 3.05) is 6.35 Å². The van der Waals surface area contributed by atoms with Crippen molar-refractivity contribution in [3.63, 3.8) is 0 Å². The zero-order valence-corrected chi connectivity index (χ0v) is 6.80. The Morgan fingerprint density at radius 3 is 3.18 bits per heavy atom. The first-order chi connectivity index (χ1) is 5.33. The molecule has 0 amide bonds. The number of ether oxygens (including phenoxy) is 1. The third-order valence-electron chi connectivity index (χ3n) is 1.07. The molecule has 0 bridgehead atoms. The summed E-state index contributed by atoms with van der Waals surface area (Å²) in [5.41, 5.74) is -0.150. The van der Waals surface area contributed by atoms with Crippen molar-refractivity contribution in [3.05, 3.63) is 28.7 Å².